The second-order valence-electron chi connectivity index (χ2n) is 9.50. The standard InChI is InChI=1S/C24H28Cl2N4O7S/c1-14-11-20(28-37-14)24(34)29-9-10-30(38(35,36)16-7-8-17(25)18(26)12-16)23(29)22(33)27-19(13-21(31)32)15-5-3-2-4-6-15/h7-8,11-12,15,19,23H,2-6,9-10,13H2,1H3,(H,27,33)(H,31,32). The maximum absolute atomic E-state index is 13.7. The van der Waals surface area contributed by atoms with Crippen LogP contribution < -0.4 is 5.32 Å². The number of hydrogen-bond acceptors (Lipinski definition) is 7. The van der Waals surface area contributed by atoms with E-state index >= 15 is 0 Å². The number of carboxylic acid groups (broad SMARTS) is 1. The third kappa shape index (κ3) is 5.98. The second-order valence-corrected chi connectivity index (χ2v) is 12.2. The molecule has 2 N–H and O–H groups in total. The van der Waals surface area contributed by atoms with Gasteiger partial charge in [0.1, 0.15) is 5.76 Å². The van der Waals surface area contributed by atoms with Crippen LogP contribution in [0.25, 0.3) is 0 Å². The summed E-state index contributed by atoms with van der Waals surface area (Å²) in [5, 5.41) is 16.1. The molecule has 1 aliphatic heterocycles. The number of sulfonamides is 1. The van der Waals surface area contributed by atoms with E-state index in [0.717, 1.165) is 41.3 Å². The smallest absolute Gasteiger partial charge is 0.305 e. The summed E-state index contributed by atoms with van der Waals surface area (Å²) in [6.07, 6.45) is 2.44. The second kappa shape index (κ2) is 11.6. The Kier molecular flexibility index (Phi) is 8.65. The minimum atomic E-state index is -4.32. The lowest BCUT2D eigenvalue weighted by molar-refractivity contribution is -0.138. The van der Waals surface area contributed by atoms with Crippen LogP contribution in [0.1, 0.15) is 54.8 Å². The van der Waals surface area contributed by atoms with Gasteiger partial charge in [-0.15, -0.1) is 0 Å². The highest BCUT2D eigenvalue weighted by atomic mass is 35.5. The lowest BCUT2D eigenvalue weighted by Crippen LogP contribution is -2.56. The van der Waals surface area contributed by atoms with Crippen LogP contribution in [0.2, 0.25) is 10.0 Å². The number of rotatable bonds is 8. The summed E-state index contributed by atoms with van der Waals surface area (Å²) in [6, 6.07) is 4.44. The van der Waals surface area contributed by atoms with Gasteiger partial charge in [-0.25, -0.2) is 8.42 Å². The Labute approximate surface area is 230 Å². The molecule has 2 fully saturated rings. The summed E-state index contributed by atoms with van der Waals surface area (Å²) in [6.45, 7) is 1.31. The van der Waals surface area contributed by atoms with Crippen molar-refractivity contribution in [1.82, 2.24) is 19.7 Å². The van der Waals surface area contributed by atoms with Gasteiger partial charge in [-0.3, -0.25) is 14.4 Å². The Morgan fingerprint density at radius 2 is 1.84 bits per heavy atom. The lowest BCUT2D eigenvalue weighted by atomic mass is 9.82. The molecule has 1 saturated heterocycles. The number of aromatic nitrogens is 1. The van der Waals surface area contributed by atoms with Gasteiger partial charge in [0.05, 0.1) is 21.4 Å². The van der Waals surface area contributed by atoms with Crippen molar-refractivity contribution in [1.29, 1.82) is 0 Å². The topological polar surface area (TPSA) is 150 Å². The fourth-order valence-corrected chi connectivity index (χ4v) is 6.98. The zero-order valence-corrected chi connectivity index (χ0v) is 22.9. The molecule has 1 aromatic carbocycles. The quantitative estimate of drug-likeness (QED) is 0.478. The predicted molar refractivity (Wildman–Crippen MR) is 137 cm³/mol. The molecule has 38 heavy (non-hydrogen) atoms. The molecule has 2 aliphatic rings. The van der Waals surface area contributed by atoms with Crippen LogP contribution >= 0.6 is 23.2 Å². The average molecular weight is 587 g/mol. The van der Waals surface area contributed by atoms with Crippen molar-refractivity contribution in [2.75, 3.05) is 13.1 Å². The summed E-state index contributed by atoms with van der Waals surface area (Å²) in [5.74, 6) is -2.28. The van der Waals surface area contributed by atoms with E-state index in [1.54, 1.807) is 6.92 Å². The summed E-state index contributed by atoms with van der Waals surface area (Å²) in [7, 11) is -4.32. The lowest BCUT2D eigenvalue weighted by Gasteiger charge is -2.33. The van der Waals surface area contributed by atoms with Gasteiger partial charge >= 0.3 is 5.97 Å². The van der Waals surface area contributed by atoms with Crippen molar-refractivity contribution in [3.8, 4) is 0 Å². The molecule has 2 unspecified atom stereocenters. The number of carboxylic acids is 1. The fraction of sp³-hybridized carbons (Fsp3) is 0.500. The molecule has 1 aliphatic carbocycles. The van der Waals surface area contributed by atoms with Crippen molar-refractivity contribution in [3.05, 3.63) is 45.8 Å². The normalized spacial score (nSPS) is 19.9. The van der Waals surface area contributed by atoms with Gasteiger partial charge in [-0.2, -0.15) is 4.31 Å². The highest BCUT2D eigenvalue weighted by molar-refractivity contribution is 7.89. The van der Waals surface area contributed by atoms with Crippen LogP contribution in [0.5, 0.6) is 0 Å². The third-order valence-electron chi connectivity index (χ3n) is 6.91. The maximum Gasteiger partial charge on any atom is 0.305 e. The highest BCUT2D eigenvalue weighted by Crippen LogP contribution is 2.32. The number of amides is 2. The summed E-state index contributed by atoms with van der Waals surface area (Å²) >= 11 is 12.0. The number of nitrogens with zero attached hydrogens (tertiary/aromatic N) is 3. The van der Waals surface area contributed by atoms with Crippen LogP contribution in [0.4, 0.5) is 0 Å². The van der Waals surface area contributed by atoms with Crippen molar-refractivity contribution in [2.45, 2.75) is 62.6 Å². The Balaban J connectivity index is 1.69. The summed E-state index contributed by atoms with van der Waals surface area (Å²) in [4.78, 5) is 39.6. The van der Waals surface area contributed by atoms with Crippen molar-refractivity contribution < 1.29 is 32.4 Å². The van der Waals surface area contributed by atoms with Gasteiger partial charge in [0.15, 0.2) is 11.9 Å². The van der Waals surface area contributed by atoms with Gasteiger partial charge in [0.2, 0.25) is 10.0 Å². The minimum absolute atomic E-state index is 0.0118. The largest absolute Gasteiger partial charge is 0.481 e. The first kappa shape index (κ1) is 28.3. The summed E-state index contributed by atoms with van der Waals surface area (Å²) < 4.78 is 33.2. The molecule has 2 heterocycles. The molecule has 0 bridgehead atoms. The monoisotopic (exact) mass is 586 g/mol. The van der Waals surface area contributed by atoms with Crippen LogP contribution in [-0.2, 0) is 19.6 Å². The van der Waals surface area contributed by atoms with E-state index in [2.05, 4.69) is 10.5 Å². The van der Waals surface area contributed by atoms with E-state index in [1.165, 1.54) is 24.3 Å². The van der Waals surface area contributed by atoms with Gasteiger partial charge in [0, 0.05) is 25.2 Å². The molecule has 1 saturated carbocycles. The molecular weight excluding hydrogens is 559 g/mol. The zero-order chi connectivity index (χ0) is 27.6. The molecule has 2 atom stereocenters. The molecule has 11 nitrogen and oxygen atoms in total. The molecule has 4 rings (SSSR count). The molecule has 206 valence electrons. The molecule has 0 radical (unpaired) electrons. The Hall–Kier alpha value is -2.67. The number of hydrogen-bond donors (Lipinski definition) is 2. The number of aliphatic carboxylic acids is 1. The Bertz CT molecular complexity index is 1330. The van der Waals surface area contributed by atoms with Gasteiger partial charge < -0.3 is 19.8 Å². The number of benzene rings is 1. The van der Waals surface area contributed by atoms with Crippen LogP contribution in [0.3, 0.4) is 0 Å². The Morgan fingerprint density at radius 3 is 2.45 bits per heavy atom. The van der Waals surface area contributed by atoms with E-state index in [9.17, 15) is 27.9 Å². The SMILES string of the molecule is Cc1cc(C(=O)N2CCN(S(=O)(=O)c3ccc(Cl)c(Cl)c3)C2C(=O)NC(CC(=O)O)C2CCCCC2)no1. The molecule has 2 amide bonds. The van der Waals surface area contributed by atoms with Gasteiger partial charge in [-0.1, -0.05) is 47.6 Å². The van der Waals surface area contributed by atoms with Crippen LogP contribution in [0.15, 0.2) is 33.7 Å². The number of nitrogens with one attached hydrogen (secondary N) is 1. The van der Waals surface area contributed by atoms with Crippen LogP contribution in [0, 0.1) is 12.8 Å². The molecule has 1 aromatic heterocycles. The zero-order valence-electron chi connectivity index (χ0n) is 20.6. The molecular formula is C24H28Cl2N4O7S. The van der Waals surface area contributed by atoms with E-state index in [4.69, 9.17) is 27.7 Å². The Morgan fingerprint density at radius 1 is 1.13 bits per heavy atom. The average Bonchev–Trinajstić information content (AvgIpc) is 3.52. The number of carbonyl (C=O) groups excluding carboxylic acids is 2. The van der Waals surface area contributed by atoms with Crippen molar-refractivity contribution in [2.24, 2.45) is 5.92 Å². The number of halogens is 2. The molecule has 14 heteroatoms. The number of carbonyl (C=O) groups is 3. The van der Waals surface area contributed by atoms with Gasteiger partial charge in [-0.05, 0) is 43.9 Å². The van der Waals surface area contributed by atoms with E-state index in [0.29, 0.717) is 5.76 Å². The van der Waals surface area contributed by atoms with E-state index < -0.39 is 40.0 Å². The summed E-state index contributed by atoms with van der Waals surface area (Å²) in [5.41, 5.74) is -0.0801. The highest BCUT2D eigenvalue weighted by Gasteiger charge is 2.48. The van der Waals surface area contributed by atoms with Crippen molar-refractivity contribution >= 4 is 51.0 Å². The van der Waals surface area contributed by atoms with Crippen LogP contribution in [-0.4, -0.2) is 71.0 Å². The first-order chi connectivity index (χ1) is 18.0. The first-order valence-corrected chi connectivity index (χ1v) is 14.4. The maximum atomic E-state index is 13.7. The molecule has 2 aromatic rings. The molecule has 0 spiro atoms. The number of aryl methyl sites for hydroxylation is 1. The first-order valence-electron chi connectivity index (χ1n) is 12.2. The minimum Gasteiger partial charge on any atom is -0.481 e. The third-order valence-corrected chi connectivity index (χ3v) is 9.50. The van der Waals surface area contributed by atoms with Gasteiger partial charge in [0.25, 0.3) is 11.8 Å². The van der Waals surface area contributed by atoms with E-state index in [1.807, 2.05) is 0 Å². The predicted octanol–water partition coefficient (Wildman–Crippen LogP) is 3.30. The van der Waals surface area contributed by atoms with Crippen molar-refractivity contribution in [3.63, 3.8) is 0 Å². The fourth-order valence-electron chi connectivity index (χ4n) is 5.05. The van der Waals surface area contributed by atoms with E-state index in [-0.39, 0.29) is 46.1 Å².